The average Bonchev–Trinajstić information content (AvgIpc) is 2.86. The number of hydrogen-bond donors (Lipinski definition) is 2. The van der Waals surface area contributed by atoms with Gasteiger partial charge in [-0.05, 0) is 30.7 Å². The van der Waals surface area contributed by atoms with Crippen LogP contribution in [0.3, 0.4) is 0 Å². The van der Waals surface area contributed by atoms with Crippen LogP contribution in [0.5, 0.6) is 5.75 Å². The number of carbonyl (C=O) groups is 1. The third-order valence-corrected chi connectivity index (χ3v) is 3.73. The summed E-state index contributed by atoms with van der Waals surface area (Å²) in [6.45, 7) is 4.92. The summed E-state index contributed by atoms with van der Waals surface area (Å²) in [5, 5.41) is 2.95. The lowest BCUT2D eigenvalue weighted by Gasteiger charge is -2.16. The van der Waals surface area contributed by atoms with Crippen molar-refractivity contribution in [1.82, 2.24) is 10.2 Å². The summed E-state index contributed by atoms with van der Waals surface area (Å²) in [6.07, 6.45) is 1.00. The maximum Gasteiger partial charge on any atom is 0.217 e. The van der Waals surface area contributed by atoms with Crippen LogP contribution in [-0.2, 0) is 4.79 Å². The Morgan fingerprint density at radius 1 is 1.48 bits per heavy atom. The fraction of sp³-hybridized carbons (Fsp3) is 0.467. The van der Waals surface area contributed by atoms with Gasteiger partial charge in [0.2, 0.25) is 5.91 Å². The van der Waals surface area contributed by atoms with Crippen LogP contribution in [0.2, 0.25) is 0 Å². The summed E-state index contributed by atoms with van der Waals surface area (Å²) in [5.41, 5.74) is 6.39. The Morgan fingerprint density at radius 3 is 2.81 bits per heavy atom. The van der Waals surface area contributed by atoms with Crippen LogP contribution >= 0.6 is 12.2 Å². The van der Waals surface area contributed by atoms with E-state index in [-0.39, 0.29) is 11.9 Å². The zero-order chi connectivity index (χ0) is 15.2. The zero-order valence-electron chi connectivity index (χ0n) is 12.2. The van der Waals surface area contributed by atoms with Crippen molar-refractivity contribution in [2.75, 3.05) is 26.2 Å². The lowest BCUT2D eigenvalue weighted by molar-refractivity contribution is -0.119. The largest absolute Gasteiger partial charge is 0.492 e. The Morgan fingerprint density at radius 2 is 2.19 bits per heavy atom. The van der Waals surface area contributed by atoms with Crippen LogP contribution in [0, 0.1) is 0 Å². The first-order valence-corrected chi connectivity index (χ1v) is 7.47. The molecule has 1 aliphatic rings. The first kappa shape index (κ1) is 15.7. The van der Waals surface area contributed by atoms with E-state index in [9.17, 15) is 4.79 Å². The number of benzene rings is 1. The fourth-order valence-corrected chi connectivity index (χ4v) is 2.59. The lowest BCUT2D eigenvalue weighted by atomic mass is 10.2. The van der Waals surface area contributed by atoms with Gasteiger partial charge in [0.15, 0.2) is 0 Å². The van der Waals surface area contributed by atoms with Gasteiger partial charge in [-0.2, -0.15) is 0 Å². The van der Waals surface area contributed by atoms with Gasteiger partial charge in [0.25, 0.3) is 0 Å². The number of nitrogens with zero attached hydrogens (tertiary/aromatic N) is 1. The highest BCUT2D eigenvalue weighted by atomic mass is 32.1. The van der Waals surface area contributed by atoms with Gasteiger partial charge in [-0.1, -0.05) is 12.2 Å². The second-order valence-electron chi connectivity index (χ2n) is 5.22. The van der Waals surface area contributed by atoms with Crippen LogP contribution in [0.1, 0.15) is 18.9 Å². The number of amides is 1. The average molecular weight is 307 g/mol. The molecule has 1 amide bonds. The van der Waals surface area contributed by atoms with E-state index < -0.39 is 0 Å². The first-order valence-electron chi connectivity index (χ1n) is 7.06. The first-order chi connectivity index (χ1) is 10.0. The predicted octanol–water partition coefficient (Wildman–Crippen LogP) is 0.910. The minimum absolute atomic E-state index is 0.0380. The van der Waals surface area contributed by atoms with E-state index in [1.165, 1.54) is 0 Å². The maximum atomic E-state index is 11.0. The predicted molar refractivity (Wildman–Crippen MR) is 86.5 cm³/mol. The van der Waals surface area contributed by atoms with Crippen LogP contribution in [0.15, 0.2) is 24.3 Å². The fourth-order valence-electron chi connectivity index (χ4n) is 2.45. The van der Waals surface area contributed by atoms with Crippen molar-refractivity contribution in [3.8, 4) is 5.75 Å². The van der Waals surface area contributed by atoms with E-state index in [0.29, 0.717) is 11.6 Å². The molecule has 1 aliphatic heterocycles. The molecular formula is C15H21N3O2S. The topological polar surface area (TPSA) is 67.6 Å². The quantitative estimate of drug-likeness (QED) is 0.765. The number of carbonyl (C=O) groups excluding carboxylic acids is 1. The Balaban J connectivity index is 1.70. The summed E-state index contributed by atoms with van der Waals surface area (Å²) in [7, 11) is 0. The molecule has 2 rings (SSSR count). The number of nitrogens with two attached hydrogens (primary N) is 1. The lowest BCUT2D eigenvalue weighted by Crippen LogP contribution is -2.36. The number of ether oxygens (including phenoxy) is 1. The van der Waals surface area contributed by atoms with Crippen LogP contribution in [0.25, 0.3) is 0 Å². The van der Waals surface area contributed by atoms with Gasteiger partial charge in [-0.3, -0.25) is 9.69 Å². The molecule has 1 unspecified atom stereocenters. The second-order valence-corrected chi connectivity index (χ2v) is 5.66. The van der Waals surface area contributed by atoms with Crippen molar-refractivity contribution in [1.29, 1.82) is 0 Å². The molecule has 1 fully saturated rings. The van der Waals surface area contributed by atoms with Gasteiger partial charge in [0.1, 0.15) is 17.3 Å². The number of nitrogens with one attached hydrogen (secondary N) is 1. The number of likely N-dealkylation sites (tertiary alicyclic amines) is 1. The zero-order valence-corrected chi connectivity index (χ0v) is 13.0. The van der Waals surface area contributed by atoms with Crippen molar-refractivity contribution in [3.63, 3.8) is 0 Å². The Bertz CT molecular complexity index is 504. The molecule has 0 spiro atoms. The summed E-state index contributed by atoms with van der Waals surface area (Å²) in [5.74, 6) is 0.851. The third-order valence-electron chi connectivity index (χ3n) is 3.49. The van der Waals surface area contributed by atoms with Crippen LogP contribution < -0.4 is 15.8 Å². The second kappa shape index (κ2) is 7.38. The maximum absolute atomic E-state index is 11.0. The van der Waals surface area contributed by atoms with Gasteiger partial charge < -0.3 is 15.8 Å². The molecule has 1 saturated heterocycles. The highest BCUT2D eigenvalue weighted by Gasteiger charge is 2.22. The number of hydrogen-bond acceptors (Lipinski definition) is 4. The SMILES string of the molecule is CC(=O)NC1CCN(CCOc2ccc(C(N)=S)cc2)C1. The molecule has 0 radical (unpaired) electrons. The van der Waals surface area contributed by atoms with Gasteiger partial charge in [-0.15, -0.1) is 0 Å². The molecule has 1 aromatic rings. The molecule has 1 aromatic carbocycles. The smallest absolute Gasteiger partial charge is 0.217 e. The molecule has 0 bridgehead atoms. The highest BCUT2D eigenvalue weighted by Crippen LogP contribution is 2.13. The molecule has 0 aliphatic carbocycles. The molecule has 1 heterocycles. The van der Waals surface area contributed by atoms with Gasteiger partial charge in [-0.25, -0.2) is 0 Å². The Kier molecular flexibility index (Phi) is 5.52. The normalized spacial score (nSPS) is 18.4. The third kappa shape index (κ3) is 4.99. The summed E-state index contributed by atoms with van der Waals surface area (Å²) in [6, 6.07) is 7.74. The van der Waals surface area contributed by atoms with E-state index in [0.717, 1.165) is 37.4 Å². The van der Waals surface area contributed by atoms with Crippen molar-refractivity contribution < 1.29 is 9.53 Å². The molecule has 6 heteroatoms. The van der Waals surface area contributed by atoms with E-state index >= 15 is 0 Å². The highest BCUT2D eigenvalue weighted by molar-refractivity contribution is 7.80. The van der Waals surface area contributed by atoms with Crippen molar-refractivity contribution in [2.24, 2.45) is 5.73 Å². The molecule has 3 N–H and O–H groups in total. The Labute approximate surface area is 130 Å². The Hall–Kier alpha value is -1.66. The van der Waals surface area contributed by atoms with E-state index in [4.69, 9.17) is 22.7 Å². The van der Waals surface area contributed by atoms with Crippen molar-refractivity contribution in [3.05, 3.63) is 29.8 Å². The molecule has 1 atom stereocenters. The van der Waals surface area contributed by atoms with Crippen LogP contribution in [0.4, 0.5) is 0 Å². The molecular weight excluding hydrogens is 286 g/mol. The van der Waals surface area contributed by atoms with Gasteiger partial charge in [0, 0.05) is 38.2 Å². The molecule has 114 valence electrons. The standard InChI is InChI=1S/C15H21N3O2S/c1-11(19)17-13-6-7-18(10-13)8-9-20-14-4-2-12(3-5-14)15(16)21/h2-5,13H,6-10H2,1H3,(H2,16,21)(H,17,19). The van der Waals surface area contributed by atoms with Crippen molar-refractivity contribution >= 4 is 23.1 Å². The van der Waals surface area contributed by atoms with Gasteiger partial charge >= 0.3 is 0 Å². The molecule has 0 saturated carbocycles. The summed E-state index contributed by atoms with van der Waals surface area (Å²) < 4.78 is 5.71. The minimum Gasteiger partial charge on any atom is -0.492 e. The minimum atomic E-state index is 0.0380. The molecule has 0 aromatic heterocycles. The number of thiocarbonyl (C=S) groups is 1. The summed E-state index contributed by atoms with van der Waals surface area (Å²) >= 11 is 4.91. The van der Waals surface area contributed by atoms with E-state index in [1.807, 2.05) is 24.3 Å². The van der Waals surface area contributed by atoms with E-state index in [1.54, 1.807) is 6.92 Å². The van der Waals surface area contributed by atoms with E-state index in [2.05, 4.69) is 10.2 Å². The number of rotatable bonds is 6. The van der Waals surface area contributed by atoms with Gasteiger partial charge in [0.05, 0.1) is 0 Å². The molecule has 21 heavy (non-hydrogen) atoms. The summed E-state index contributed by atoms with van der Waals surface area (Å²) in [4.78, 5) is 13.7. The monoisotopic (exact) mass is 307 g/mol. The van der Waals surface area contributed by atoms with Crippen molar-refractivity contribution in [2.45, 2.75) is 19.4 Å². The molecule has 5 nitrogen and oxygen atoms in total. The van der Waals surface area contributed by atoms with Crippen LogP contribution in [-0.4, -0.2) is 48.1 Å².